The summed E-state index contributed by atoms with van der Waals surface area (Å²) in [5.74, 6) is -7.80. The maximum absolute atomic E-state index is 12.6. The molecule has 0 N–H and O–H groups in total. The van der Waals surface area contributed by atoms with Crippen molar-refractivity contribution in [2.45, 2.75) is 71.2 Å². The zero-order chi connectivity index (χ0) is 24.6. The Morgan fingerprint density at radius 1 is 0.875 bits per heavy atom. The van der Waals surface area contributed by atoms with Gasteiger partial charge >= 0.3 is 41.6 Å². The first-order valence-corrected chi connectivity index (χ1v) is 9.42. The van der Waals surface area contributed by atoms with Crippen molar-refractivity contribution < 1.29 is 61.9 Å². The first-order valence-electron chi connectivity index (χ1n) is 9.42. The molecular formula is C19H26O13. The van der Waals surface area contributed by atoms with Gasteiger partial charge in [-0.15, -0.1) is 0 Å². The van der Waals surface area contributed by atoms with E-state index in [2.05, 4.69) is 4.74 Å². The van der Waals surface area contributed by atoms with E-state index in [1.54, 1.807) is 0 Å². The summed E-state index contributed by atoms with van der Waals surface area (Å²) in [5, 5.41) is 0. The molecule has 13 heteroatoms. The summed E-state index contributed by atoms with van der Waals surface area (Å²) in [6.45, 7) is 4.67. The minimum Gasteiger partial charge on any atom is -0.464 e. The molecule has 1 aliphatic rings. The molecule has 1 fully saturated rings. The minimum absolute atomic E-state index is 0.582. The molecule has 1 aliphatic heterocycles. The van der Waals surface area contributed by atoms with Crippen molar-refractivity contribution in [2.24, 2.45) is 0 Å². The van der Waals surface area contributed by atoms with Crippen LogP contribution >= 0.6 is 0 Å². The molecule has 1 saturated heterocycles. The number of carbonyl (C=O) groups is 6. The van der Waals surface area contributed by atoms with E-state index in [9.17, 15) is 28.8 Å². The standard InChI is InChI=1S/C19H26O13/c1-9(20)27-8-15(29-11(3)22)17-16(30-12(4)23)14(28-10(2)21)7-19(32-17,18(25)26-6)31-13(5)24/h14-17H,7-8H2,1-6H3/t14-,15-,16+,17-,19-/m1/s1. The molecule has 0 aromatic rings. The zero-order valence-corrected chi connectivity index (χ0v) is 18.5. The molecule has 180 valence electrons. The number of rotatable bonds is 8. The zero-order valence-electron chi connectivity index (χ0n) is 18.5. The Morgan fingerprint density at radius 2 is 1.47 bits per heavy atom. The van der Waals surface area contributed by atoms with Gasteiger partial charge in [-0.05, 0) is 0 Å². The van der Waals surface area contributed by atoms with Crippen LogP contribution in [0.1, 0.15) is 41.0 Å². The normalized spacial score (nSPS) is 25.5. The van der Waals surface area contributed by atoms with Gasteiger partial charge in [-0.1, -0.05) is 0 Å². The second-order valence-corrected chi connectivity index (χ2v) is 6.80. The highest BCUT2D eigenvalue weighted by Gasteiger charge is 2.60. The smallest absolute Gasteiger partial charge is 0.379 e. The molecule has 0 aromatic heterocycles. The van der Waals surface area contributed by atoms with Gasteiger partial charge in [0.05, 0.1) is 13.5 Å². The molecule has 0 bridgehead atoms. The lowest BCUT2D eigenvalue weighted by Gasteiger charge is -2.46. The molecule has 0 radical (unpaired) electrons. The monoisotopic (exact) mass is 462 g/mol. The van der Waals surface area contributed by atoms with Gasteiger partial charge in [0.2, 0.25) is 0 Å². The summed E-state index contributed by atoms with van der Waals surface area (Å²) < 4.78 is 36.0. The molecular weight excluding hydrogens is 436 g/mol. The van der Waals surface area contributed by atoms with Gasteiger partial charge in [0.15, 0.2) is 12.2 Å². The molecule has 32 heavy (non-hydrogen) atoms. The molecule has 1 rings (SSSR count). The summed E-state index contributed by atoms with van der Waals surface area (Å²) in [6, 6.07) is 0. The Balaban J connectivity index is 3.60. The molecule has 0 amide bonds. The van der Waals surface area contributed by atoms with Crippen LogP contribution in [-0.2, 0) is 61.9 Å². The average molecular weight is 462 g/mol. The minimum atomic E-state index is -2.45. The van der Waals surface area contributed by atoms with E-state index in [0.717, 1.165) is 41.7 Å². The molecule has 0 saturated carbocycles. The molecule has 0 unspecified atom stereocenters. The molecule has 1 heterocycles. The van der Waals surface area contributed by atoms with Crippen LogP contribution in [0.2, 0.25) is 0 Å². The van der Waals surface area contributed by atoms with E-state index in [0.29, 0.717) is 0 Å². The molecule has 13 nitrogen and oxygen atoms in total. The van der Waals surface area contributed by atoms with Crippen LogP contribution in [0.15, 0.2) is 0 Å². The summed E-state index contributed by atoms with van der Waals surface area (Å²) >= 11 is 0. The molecule has 0 aromatic carbocycles. The highest BCUT2D eigenvalue weighted by Crippen LogP contribution is 2.37. The van der Waals surface area contributed by atoms with Crippen molar-refractivity contribution in [3.63, 3.8) is 0 Å². The second-order valence-electron chi connectivity index (χ2n) is 6.80. The number of ether oxygens (including phenoxy) is 7. The number of carbonyl (C=O) groups excluding carboxylic acids is 6. The maximum Gasteiger partial charge on any atom is 0.379 e. The van der Waals surface area contributed by atoms with E-state index in [-0.39, 0.29) is 0 Å². The number of esters is 6. The predicted octanol–water partition coefficient (Wildman–Crippen LogP) is -0.434. The van der Waals surface area contributed by atoms with Crippen molar-refractivity contribution in [3.8, 4) is 0 Å². The highest BCUT2D eigenvalue weighted by molar-refractivity contribution is 5.82. The molecule has 0 spiro atoms. The van der Waals surface area contributed by atoms with Gasteiger partial charge < -0.3 is 33.2 Å². The van der Waals surface area contributed by atoms with Crippen molar-refractivity contribution in [2.75, 3.05) is 13.7 Å². The Bertz CT molecular complexity index is 760. The lowest BCUT2D eigenvalue weighted by Crippen LogP contribution is -2.65. The summed E-state index contributed by atoms with van der Waals surface area (Å²) in [5.41, 5.74) is 0. The first kappa shape index (κ1) is 26.8. The predicted molar refractivity (Wildman–Crippen MR) is 99.3 cm³/mol. The van der Waals surface area contributed by atoms with Crippen LogP contribution in [0.3, 0.4) is 0 Å². The van der Waals surface area contributed by atoms with Crippen LogP contribution in [0.25, 0.3) is 0 Å². The third kappa shape index (κ3) is 7.48. The Morgan fingerprint density at radius 3 is 1.91 bits per heavy atom. The average Bonchev–Trinajstić information content (AvgIpc) is 2.64. The van der Waals surface area contributed by atoms with Gasteiger partial charge in [-0.2, -0.15) is 0 Å². The van der Waals surface area contributed by atoms with E-state index in [1.165, 1.54) is 0 Å². The van der Waals surface area contributed by atoms with Gasteiger partial charge in [0.25, 0.3) is 0 Å². The fourth-order valence-corrected chi connectivity index (χ4v) is 3.11. The Labute approximate surface area is 183 Å². The third-order valence-electron chi connectivity index (χ3n) is 4.05. The second kappa shape index (κ2) is 11.4. The van der Waals surface area contributed by atoms with Crippen molar-refractivity contribution >= 4 is 35.8 Å². The van der Waals surface area contributed by atoms with E-state index < -0.39 is 79.0 Å². The summed E-state index contributed by atoms with van der Waals surface area (Å²) in [7, 11) is 0.993. The van der Waals surface area contributed by atoms with E-state index in [4.69, 9.17) is 28.4 Å². The topological polar surface area (TPSA) is 167 Å². The largest absolute Gasteiger partial charge is 0.464 e. The van der Waals surface area contributed by atoms with Crippen molar-refractivity contribution in [3.05, 3.63) is 0 Å². The third-order valence-corrected chi connectivity index (χ3v) is 4.05. The SMILES string of the molecule is COC(=O)[C@@]1(OC(C)=O)C[C@@H](OC(C)=O)[C@H](OC(C)=O)[C@@H]([C@@H](COC(C)=O)OC(C)=O)O1. The van der Waals surface area contributed by atoms with Gasteiger partial charge in [0.1, 0.15) is 18.8 Å². The maximum atomic E-state index is 12.6. The number of hydrogen-bond acceptors (Lipinski definition) is 13. The van der Waals surface area contributed by atoms with Gasteiger partial charge in [-0.3, -0.25) is 24.0 Å². The summed E-state index contributed by atoms with van der Waals surface area (Å²) in [6.07, 6.45) is -6.49. The molecule has 5 atom stereocenters. The Hall–Kier alpha value is -3.22. The number of hydrogen-bond donors (Lipinski definition) is 0. The highest BCUT2D eigenvalue weighted by atomic mass is 16.8. The van der Waals surface area contributed by atoms with Crippen LogP contribution in [0.4, 0.5) is 0 Å². The van der Waals surface area contributed by atoms with Crippen LogP contribution in [0.5, 0.6) is 0 Å². The lowest BCUT2D eigenvalue weighted by atomic mass is 9.91. The number of methoxy groups -OCH3 is 1. The fourth-order valence-electron chi connectivity index (χ4n) is 3.11. The molecule has 0 aliphatic carbocycles. The lowest BCUT2D eigenvalue weighted by molar-refractivity contribution is -0.317. The summed E-state index contributed by atoms with van der Waals surface area (Å²) in [4.78, 5) is 70.7. The van der Waals surface area contributed by atoms with Crippen LogP contribution < -0.4 is 0 Å². The quantitative estimate of drug-likeness (QED) is 0.337. The Kier molecular flexibility index (Phi) is 9.56. The van der Waals surface area contributed by atoms with E-state index in [1.807, 2.05) is 0 Å². The van der Waals surface area contributed by atoms with Crippen molar-refractivity contribution in [1.29, 1.82) is 0 Å². The van der Waals surface area contributed by atoms with Crippen molar-refractivity contribution in [1.82, 2.24) is 0 Å². The first-order chi connectivity index (χ1) is 14.8. The van der Waals surface area contributed by atoms with E-state index >= 15 is 0 Å². The van der Waals surface area contributed by atoms with Crippen LogP contribution in [0, 0.1) is 0 Å². The fraction of sp³-hybridized carbons (Fsp3) is 0.684. The van der Waals surface area contributed by atoms with Crippen LogP contribution in [-0.4, -0.2) is 79.7 Å². The van der Waals surface area contributed by atoms with Gasteiger partial charge in [-0.25, -0.2) is 4.79 Å². The van der Waals surface area contributed by atoms with Gasteiger partial charge in [0, 0.05) is 34.6 Å².